The van der Waals surface area contributed by atoms with Crippen LogP contribution in [0.5, 0.6) is 5.75 Å². The lowest BCUT2D eigenvalue weighted by Gasteiger charge is -2.11. The van der Waals surface area contributed by atoms with Crippen LogP contribution in [0, 0.1) is 5.92 Å². The van der Waals surface area contributed by atoms with Crippen LogP contribution in [0.2, 0.25) is 0 Å². The van der Waals surface area contributed by atoms with Gasteiger partial charge in [0.05, 0.1) is 7.11 Å². The molecular weight excluding hydrogens is 320 g/mol. The molecule has 4 N–H and O–H groups in total. The molecule has 2 unspecified atom stereocenters. The van der Waals surface area contributed by atoms with Gasteiger partial charge < -0.3 is 4.74 Å². The Morgan fingerprint density at radius 3 is 3.00 bits per heavy atom. The van der Waals surface area contributed by atoms with E-state index >= 15 is 0 Å². The molecule has 0 aliphatic carbocycles. The summed E-state index contributed by atoms with van der Waals surface area (Å²) < 4.78 is 5.25. The summed E-state index contributed by atoms with van der Waals surface area (Å²) >= 11 is 0. The summed E-state index contributed by atoms with van der Waals surface area (Å²) in [5.74, 6) is 2.20. The number of hydrogen-bond acceptors (Lipinski definition) is 6. The number of carbonyl (C=O) groups excluding carboxylic acids is 1. The first-order valence-corrected chi connectivity index (χ1v) is 8.42. The molecule has 1 saturated heterocycles. The number of aromatic nitrogens is 3. The molecule has 8 nitrogen and oxygen atoms in total. The molecule has 1 aliphatic rings. The summed E-state index contributed by atoms with van der Waals surface area (Å²) in [5.41, 5.74) is 7.26. The van der Waals surface area contributed by atoms with E-state index in [1.165, 1.54) is 0 Å². The number of nitrogens with one attached hydrogen (secondary N) is 4. The quantitative estimate of drug-likeness (QED) is 0.634. The van der Waals surface area contributed by atoms with Gasteiger partial charge in [-0.3, -0.25) is 15.2 Å². The molecule has 2 atom stereocenters. The number of ether oxygens (including phenoxy) is 1. The zero-order chi connectivity index (χ0) is 17.8. The van der Waals surface area contributed by atoms with Crippen LogP contribution in [0.1, 0.15) is 37.7 Å². The molecule has 2 heterocycles. The standard InChI is InChI=1S/C17H24N6O2/c1-10(2)7-15-18-17(23-22-15)19-16(24)14-9-13(20-21-14)11-5-4-6-12(8-11)25-3/h4-6,8,10,13-14,20-21H,7,9H2,1-3H3,(H2,18,19,22,23,24). The predicted octanol–water partition coefficient (Wildman–Crippen LogP) is 1.56. The van der Waals surface area contributed by atoms with Crippen molar-refractivity contribution < 1.29 is 9.53 Å². The highest BCUT2D eigenvalue weighted by Crippen LogP contribution is 2.25. The van der Waals surface area contributed by atoms with Crippen LogP contribution in [0.4, 0.5) is 5.95 Å². The maximum absolute atomic E-state index is 12.4. The second-order valence-corrected chi connectivity index (χ2v) is 6.60. The van der Waals surface area contributed by atoms with Gasteiger partial charge in [-0.05, 0) is 30.0 Å². The highest BCUT2D eigenvalue weighted by molar-refractivity contribution is 5.93. The number of hydrazine groups is 1. The van der Waals surface area contributed by atoms with Gasteiger partial charge in [-0.1, -0.05) is 26.0 Å². The SMILES string of the molecule is COc1cccc(C2CC(C(=O)Nc3n[nH]c(CC(C)C)n3)NN2)c1. The molecule has 1 fully saturated rings. The van der Waals surface area contributed by atoms with Crippen molar-refractivity contribution in [2.45, 2.75) is 38.8 Å². The Balaban J connectivity index is 1.58. The highest BCUT2D eigenvalue weighted by Gasteiger charge is 2.30. The number of carbonyl (C=O) groups is 1. The zero-order valence-electron chi connectivity index (χ0n) is 14.7. The first-order chi connectivity index (χ1) is 12.0. The Labute approximate surface area is 146 Å². The Kier molecular flexibility index (Phi) is 5.30. The van der Waals surface area contributed by atoms with Crippen molar-refractivity contribution in [3.63, 3.8) is 0 Å². The smallest absolute Gasteiger partial charge is 0.248 e. The van der Waals surface area contributed by atoms with Gasteiger partial charge in [0.2, 0.25) is 11.9 Å². The van der Waals surface area contributed by atoms with Crippen LogP contribution in [0.3, 0.4) is 0 Å². The molecule has 1 amide bonds. The highest BCUT2D eigenvalue weighted by atomic mass is 16.5. The third-order valence-electron chi connectivity index (χ3n) is 4.08. The van der Waals surface area contributed by atoms with Gasteiger partial charge in [0, 0.05) is 12.5 Å². The lowest BCUT2D eigenvalue weighted by Crippen LogP contribution is -2.39. The topological polar surface area (TPSA) is 104 Å². The third kappa shape index (κ3) is 4.34. The number of anilines is 1. The molecule has 0 saturated carbocycles. The van der Waals surface area contributed by atoms with Crippen LogP contribution in [0.25, 0.3) is 0 Å². The normalized spacial score (nSPS) is 20.0. The van der Waals surface area contributed by atoms with Gasteiger partial charge in [-0.25, -0.2) is 10.9 Å². The van der Waals surface area contributed by atoms with Crippen molar-refractivity contribution in [1.82, 2.24) is 26.0 Å². The van der Waals surface area contributed by atoms with Gasteiger partial charge in [0.15, 0.2) is 0 Å². The Bertz CT molecular complexity index is 729. The van der Waals surface area contributed by atoms with Gasteiger partial charge in [-0.15, -0.1) is 5.10 Å². The zero-order valence-corrected chi connectivity index (χ0v) is 14.7. The monoisotopic (exact) mass is 344 g/mol. The first-order valence-electron chi connectivity index (χ1n) is 8.42. The molecule has 1 aromatic carbocycles. The van der Waals surface area contributed by atoms with Crippen LogP contribution in [-0.4, -0.2) is 34.2 Å². The van der Waals surface area contributed by atoms with Crippen molar-refractivity contribution >= 4 is 11.9 Å². The molecule has 1 aromatic heterocycles. The summed E-state index contributed by atoms with van der Waals surface area (Å²) in [6.07, 6.45) is 1.42. The predicted molar refractivity (Wildman–Crippen MR) is 94.0 cm³/mol. The molecular formula is C17H24N6O2. The molecule has 0 radical (unpaired) electrons. The average Bonchev–Trinajstić information content (AvgIpc) is 3.24. The lowest BCUT2D eigenvalue weighted by atomic mass is 10.0. The lowest BCUT2D eigenvalue weighted by molar-refractivity contribution is -0.117. The van der Waals surface area contributed by atoms with E-state index in [-0.39, 0.29) is 18.0 Å². The van der Waals surface area contributed by atoms with E-state index < -0.39 is 0 Å². The minimum atomic E-state index is -0.358. The summed E-state index contributed by atoms with van der Waals surface area (Å²) in [7, 11) is 1.64. The first kappa shape index (κ1) is 17.4. The number of amides is 1. The van der Waals surface area contributed by atoms with Crippen molar-refractivity contribution in [2.24, 2.45) is 5.92 Å². The van der Waals surface area contributed by atoms with E-state index in [4.69, 9.17) is 4.74 Å². The van der Waals surface area contributed by atoms with Crippen LogP contribution in [0.15, 0.2) is 24.3 Å². The number of aromatic amines is 1. The molecule has 3 rings (SSSR count). The van der Waals surface area contributed by atoms with E-state index in [2.05, 4.69) is 45.2 Å². The Morgan fingerprint density at radius 2 is 2.24 bits per heavy atom. The van der Waals surface area contributed by atoms with Crippen molar-refractivity contribution in [2.75, 3.05) is 12.4 Å². The summed E-state index contributed by atoms with van der Waals surface area (Å²) in [6, 6.07) is 7.49. The van der Waals surface area contributed by atoms with E-state index in [0.29, 0.717) is 18.3 Å². The third-order valence-corrected chi connectivity index (χ3v) is 4.08. The number of benzene rings is 1. The van der Waals surface area contributed by atoms with E-state index in [1.54, 1.807) is 7.11 Å². The van der Waals surface area contributed by atoms with Crippen LogP contribution >= 0.6 is 0 Å². The molecule has 25 heavy (non-hydrogen) atoms. The fourth-order valence-corrected chi connectivity index (χ4v) is 2.83. The number of hydrogen-bond donors (Lipinski definition) is 4. The average molecular weight is 344 g/mol. The molecule has 2 aromatic rings. The fraction of sp³-hybridized carbons (Fsp3) is 0.471. The summed E-state index contributed by atoms with van der Waals surface area (Å²) in [4.78, 5) is 16.7. The number of rotatable bonds is 6. The summed E-state index contributed by atoms with van der Waals surface area (Å²) in [6.45, 7) is 4.21. The molecule has 0 spiro atoms. The Hall–Kier alpha value is -2.45. The summed E-state index contributed by atoms with van der Waals surface area (Å²) in [5, 5.41) is 9.65. The van der Waals surface area contributed by atoms with E-state index in [1.807, 2.05) is 24.3 Å². The van der Waals surface area contributed by atoms with Crippen molar-refractivity contribution in [3.8, 4) is 5.75 Å². The second-order valence-electron chi connectivity index (χ2n) is 6.60. The minimum Gasteiger partial charge on any atom is -0.497 e. The maximum atomic E-state index is 12.4. The molecule has 1 aliphatic heterocycles. The minimum absolute atomic E-state index is 0.0366. The molecule has 0 bridgehead atoms. The number of H-pyrrole nitrogens is 1. The fourth-order valence-electron chi connectivity index (χ4n) is 2.83. The van der Waals surface area contributed by atoms with Crippen molar-refractivity contribution in [3.05, 3.63) is 35.7 Å². The molecule has 134 valence electrons. The van der Waals surface area contributed by atoms with Gasteiger partial charge >= 0.3 is 0 Å². The van der Waals surface area contributed by atoms with Crippen LogP contribution in [-0.2, 0) is 11.2 Å². The number of nitrogens with zero attached hydrogens (tertiary/aromatic N) is 2. The second kappa shape index (κ2) is 7.62. The Morgan fingerprint density at radius 1 is 1.40 bits per heavy atom. The van der Waals surface area contributed by atoms with Crippen molar-refractivity contribution in [1.29, 1.82) is 0 Å². The van der Waals surface area contributed by atoms with Gasteiger partial charge in [-0.2, -0.15) is 4.98 Å². The maximum Gasteiger partial charge on any atom is 0.248 e. The number of methoxy groups -OCH3 is 1. The molecule has 8 heteroatoms. The van der Waals surface area contributed by atoms with Gasteiger partial charge in [0.25, 0.3) is 0 Å². The van der Waals surface area contributed by atoms with E-state index in [9.17, 15) is 4.79 Å². The van der Waals surface area contributed by atoms with E-state index in [0.717, 1.165) is 23.6 Å². The van der Waals surface area contributed by atoms with Gasteiger partial charge in [0.1, 0.15) is 17.6 Å². The van der Waals surface area contributed by atoms with Crippen LogP contribution < -0.4 is 20.9 Å². The largest absolute Gasteiger partial charge is 0.497 e.